The molecule has 19 heavy (non-hydrogen) atoms. The second-order valence-corrected chi connectivity index (χ2v) is 5.79. The van der Waals surface area contributed by atoms with Crippen molar-refractivity contribution in [1.29, 1.82) is 0 Å². The maximum Gasteiger partial charge on any atom is 0.221 e. The fourth-order valence-electron chi connectivity index (χ4n) is 1.82. The van der Waals surface area contributed by atoms with Gasteiger partial charge in [0.25, 0.3) is 0 Å². The molecule has 0 bridgehead atoms. The molecule has 2 nitrogen and oxygen atoms in total. The van der Waals surface area contributed by atoms with Crippen LogP contribution in [0.3, 0.4) is 0 Å². The highest BCUT2D eigenvalue weighted by molar-refractivity contribution is 7.99. The predicted molar refractivity (Wildman–Crippen MR) is 81.5 cm³/mol. The van der Waals surface area contributed by atoms with Crippen LogP contribution in [0, 0.1) is 0 Å². The van der Waals surface area contributed by atoms with Crippen LogP contribution in [-0.4, -0.2) is 5.91 Å². The Kier molecular flexibility index (Phi) is 4.63. The number of nitrogens with one attached hydrogen (secondary N) is 1. The first-order valence-corrected chi connectivity index (χ1v) is 7.12. The maximum absolute atomic E-state index is 10.9. The average molecular weight is 271 g/mol. The number of amides is 1. The highest BCUT2D eigenvalue weighted by Crippen LogP contribution is 2.34. The predicted octanol–water partition coefficient (Wildman–Crippen LogP) is 4.50. The summed E-state index contributed by atoms with van der Waals surface area (Å²) >= 11 is 1.81. The Bertz CT molecular complexity index is 536. The van der Waals surface area contributed by atoms with Crippen molar-refractivity contribution in [1.82, 2.24) is 0 Å². The Morgan fingerprint density at radius 2 is 1.68 bits per heavy atom. The van der Waals surface area contributed by atoms with Crippen LogP contribution in [0.5, 0.6) is 0 Å². The van der Waals surface area contributed by atoms with E-state index in [2.05, 4.69) is 36.5 Å². The van der Waals surface area contributed by atoms with Gasteiger partial charge in [-0.3, -0.25) is 4.79 Å². The number of hydrogen-bond donors (Lipinski definition) is 1. The van der Waals surface area contributed by atoms with Crippen molar-refractivity contribution in [3.63, 3.8) is 0 Å². The molecule has 1 amide bonds. The van der Waals surface area contributed by atoms with Gasteiger partial charge in [0.1, 0.15) is 0 Å². The van der Waals surface area contributed by atoms with E-state index in [9.17, 15) is 4.79 Å². The molecular formula is C16H17NOS. The topological polar surface area (TPSA) is 29.1 Å². The highest BCUT2D eigenvalue weighted by Gasteiger charge is 2.06. The summed E-state index contributed by atoms with van der Waals surface area (Å²) in [4.78, 5) is 12.1. The lowest BCUT2D eigenvalue weighted by Gasteiger charge is -2.12. The lowest BCUT2D eigenvalue weighted by molar-refractivity contribution is -0.114. The quantitative estimate of drug-likeness (QED) is 0.830. The van der Waals surface area contributed by atoms with E-state index in [0.29, 0.717) is 5.25 Å². The fraction of sp³-hybridized carbons (Fsp3) is 0.188. The molecule has 3 heteroatoms. The van der Waals surface area contributed by atoms with E-state index in [0.717, 1.165) is 5.69 Å². The van der Waals surface area contributed by atoms with E-state index in [-0.39, 0.29) is 5.91 Å². The van der Waals surface area contributed by atoms with Crippen molar-refractivity contribution in [3.05, 3.63) is 60.2 Å². The molecule has 0 aromatic heterocycles. The number of benzene rings is 2. The van der Waals surface area contributed by atoms with Crippen molar-refractivity contribution < 1.29 is 4.79 Å². The number of hydrogen-bond acceptors (Lipinski definition) is 2. The maximum atomic E-state index is 10.9. The zero-order chi connectivity index (χ0) is 13.7. The molecule has 0 aliphatic carbocycles. The number of rotatable bonds is 4. The summed E-state index contributed by atoms with van der Waals surface area (Å²) in [7, 11) is 0. The molecule has 0 saturated carbocycles. The molecule has 2 aromatic carbocycles. The summed E-state index contributed by atoms with van der Waals surface area (Å²) in [5.74, 6) is -0.0435. The van der Waals surface area contributed by atoms with Crippen LogP contribution in [0.15, 0.2) is 59.5 Å². The molecule has 0 heterocycles. The second kappa shape index (κ2) is 6.43. The minimum atomic E-state index is -0.0435. The van der Waals surface area contributed by atoms with Crippen LogP contribution < -0.4 is 5.32 Å². The number of carbonyl (C=O) groups is 1. The molecule has 0 aliphatic rings. The second-order valence-electron chi connectivity index (χ2n) is 4.38. The van der Waals surface area contributed by atoms with Gasteiger partial charge in [-0.2, -0.15) is 0 Å². The fourth-order valence-corrected chi connectivity index (χ4v) is 2.81. The number of thioether (sulfide) groups is 1. The highest BCUT2D eigenvalue weighted by atomic mass is 32.2. The van der Waals surface area contributed by atoms with Gasteiger partial charge in [0.2, 0.25) is 5.91 Å². The van der Waals surface area contributed by atoms with Gasteiger partial charge in [-0.15, -0.1) is 11.8 Å². The largest absolute Gasteiger partial charge is 0.326 e. The molecule has 0 saturated heterocycles. The zero-order valence-electron chi connectivity index (χ0n) is 11.1. The van der Waals surface area contributed by atoms with Gasteiger partial charge in [-0.05, 0) is 36.8 Å². The normalized spacial score (nSPS) is 11.9. The first-order chi connectivity index (χ1) is 9.15. The minimum Gasteiger partial charge on any atom is -0.326 e. The van der Waals surface area contributed by atoms with Crippen LogP contribution in [0.25, 0.3) is 0 Å². The molecule has 1 atom stereocenters. The summed E-state index contributed by atoms with van der Waals surface area (Å²) < 4.78 is 0. The summed E-state index contributed by atoms with van der Waals surface area (Å²) in [6, 6.07) is 18.4. The molecule has 0 spiro atoms. The van der Waals surface area contributed by atoms with E-state index in [1.807, 2.05) is 42.1 Å². The Morgan fingerprint density at radius 1 is 1.05 bits per heavy atom. The van der Waals surface area contributed by atoms with E-state index >= 15 is 0 Å². The third-order valence-electron chi connectivity index (χ3n) is 2.76. The standard InChI is InChI=1S/C16H17NOS/c1-12(14-6-4-3-5-7-14)19-16-10-8-15(9-11-16)17-13(2)18/h3-12H,1-2H3,(H,17,18)/t12-/m1/s1. The van der Waals surface area contributed by atoms with Gasteiger partial charge in [-0.25, -0.2) is 0 Å². The molecule has 0 aliphatic heterocycles. The van der Waals surface area contributed by atoms with Gasteiger partial charge in [0, 0.05) is 22.8 Å². The van der Waals surface area contributed by atoms with Crippen LogP contribution in [0.1, 0.15) is 24.7 Å². The lowest BCUT2D eigenvalue weighted by atomic mass is 10.2. The third-order valence-corrected chi connectivity index (χ3v) is 3.93. The Labute approximate surface area is 118 Å². The smallest absolute Gasteiger partial charge is 0.221 e. The number of anilines is 1. The van der Waals surface area contributed by atoms with Crippen LogP contribution in [-0.2, 0) is 4.79 Å². The summed E-state index contributed by atoms with van der Waals surface area (Å²) in [6.45, 7) is 3.71. The molecule has 0 unspecified atom stereocenters. The average Bonchev–Trinajstić information content (AvgIpc) is 2.41. The van der Waals surface area contributed by atoms with Gasteiger partial charge in [-0.1, -0.05) is 30.3 Å². The van der Waals surface area contributed by atoms with E-state index in [4.69, 9.17) is 0 Å². The van der Waals surface area contributed by atoms with Crippen molar-refractivity contribution in [3.8, 4) is 0 Å². The molecule has 2 aromatic rings. The van der Waals surface area contributed by atoms with Gasteiger partial charge in [0.05, 0.1) is 0 Å². The van der Waals surface area contributed by atoms with E-state index in [1.54, 1.807) is 0 Å². The first-order valence-electron chi connectivity index (χ1n) is 6.24. The lowest BCUT2D eigenvalue weighted by Crippen LogP contribution is -2.05. The van der Waals surface area contributed by atoms with Crippen LogP contribution in [0.2, 0.25) is 0 Å². The summed E-state index contributed by atoms with van der Waals surface area (Å²) in [6.07, 6.45) is 0. The molecule has 0 radical (unpaired) electrons. The molecule has 2 rings (SSSR count). The van der Waals surface area contributed by atoms with Gasteiger partial charge < -0.3 is 5.32 Å². The Morgan fingerprint density at radius 3 is 2.26 bits per heavy atom. The van der Waals surface area contributed by atoms with Gasteiger partial charge >= 0.3 is 0 Å². The first kappa shape index (κ1) is 13.7. The molecule has 0 fully saturated rings. The Balaban J connectivity index is 2.01. The third kappa shape index (κ3) is 4.14. The van der Waals surface area contributed by atoms with Crippen molar-refractivity contribution in [2.75, 3.05) is 5.32 Å². The van der Waals surface area contributed by atoms with Crippen molar-refractivity contribution in [2.45, 2.75) is 24.0 Å². The van der Waals surface area contributed by atoms with E-state index < -0.39 is 0 Å². The molecule has 98 valence electrons. The number of carbonyl (C=O) groups excluding carboxylic acids is 1. The minimum absolute atomic E-state index is 0.0435. The van der Waals surface area contributed by atoms with Crippen LogP contribution >= 0.6 is 11.8 Å². The zero-order valence-corrected chi connectivity index (χ0v) is 11.9. The monoisotopic (exact) mass is 271 g/mol. The SMILES string of the molecule is CC(=O)Nc1ccc(S[C@H](C)c2ccccc2)cc1. The Hall–Kier alpha value is -1.74. The van der Waals surface area contributed by atoms with Gasteiger partial charge in [0.15, 0.2) is 0 Å². The van der Waals surface area contributed by atoms with E-state index in [1.165, 1.54) is 17.4 Å². The van der Waals surface area contributed by atoms with Crippen molar-refractivity contribution in [2.24, 2.45) is 0 Å². The van der Waals surface area contributed by atoms with Crippen molar-refractivity contribution >= 4 is 23.4 Å². The molecule has 1 N–H and O–H groups in total. The summed E-state index contributed by atoms with van der Waals surface area (Å²) in [5, 5.41) is 3.18. The molecular weight excluding hydrogens is 254 g/mol. The van der Waals surface area contributed by atoms with Crippen LogP contribution in [0.4, 0.5) is 5.69 Å². The summed E-state index contributed by atoms with van der Waals surface area (Å²) in [5.41, 5.74) is 2.16.